The molecule has 4 heteroatoms. The van der Waals surface area contributed by atoms with E-state index in [4.69, 9.17) is 4.42 Å². The third-order valence-electron chi connectivity index (χ3n) is 3.11. The van der Waals surface area contributed by atoms with Gasteiger partial charge < -0.3 is 14.6 Å². The smallest absolute Gasteiger partial charge is 0.297 e. The van der Waals surface area contributed by atoms with E-state index in [9.17, 15) is 0 Å². The Kier molecular flexibility index (Phi) is 5.41. The van der Waals surface area contributed by atoms with Crippen molar-refractivity contribution in [3.05, 3.63) is 12.0 Å². The van der Waals surface area contributed by atoms with Gasteiger partial charge in [0.15, 0.2) is 0 Å². The lowest BCUT2D eigenvalue weighted by atomic mass is 10.0. The molecule has 1 aromatic rings. The molecule has 1 N–H and O–H groups in total. The lowest BCUT2D eigenvalue weighted by Crippen LogP contribution is -2.35. The first-order valence-corrected chi connectivity index (χ1v) is 7.11. The first kappa shape index (κ1) is 16.0. The average Bonchev–Trinajstić information content (AvgIpc) is 2.72. The molecule has 0 fully saturated rings. The van der Waals surface area contributed by atoms with Crippen LogP contribution in [0.15, 0.2) is 10.7 Å². The van der Waals surface area contributed by atoms with Crippen LogP contribution in [-0.2, 0) is 6.54 Å². The normalized spacial score (nSPS) is 13.9. The van der Waals surface area contributed by atoms with Gasteiger partial charge in [0.05, 0.1) is 5.69 Å². The highest BCUT2D eigenvalue weighted by molar-refractivity contribution is 5.27. The van der Waals surface area contributed by atoms with Crippen LogP contribution < -0.4 is 10.2 Å². The summed E-state index contributed by atoms with van der Waals surface area (Å²) in [5, 5.41) is 3.41. The second-order valence-corrected chi connectivity index (χ2v) is 6.81. The third-order valence-corrected chi connectivity index (χ3v) is 3.11. The molecule has 0 aliphatic heterocycles. The topological polar surface area (TPSA) is 41.3 Å². The maximum absolute atomic E-state index is 5.57. The molecule has 0 amide bonds. The van der Waals surface area contributed by atoms with Gasteiger partial charge in [0.25, 0.3) is 6.01 Å². The van der Waals surface area contributed by atoms with Gasteiger partial charge in [-0.15, -0.1) is 0 Å². The average molecular weight is 267 g/mol. The van der Waals surface area contributed by atoms with Crippen LogP contribution in [0.25, 0.3) is 0 Å². The van der Waals surface area contributed by atoms with Crippen LogP contribution in [0.3, 0.4) is 0 Å². The SMILES string of the molecule is CC(C)CC(C)N(C)c1nc(CNC(C)(C)C)co1. The molecule has 1 aromatic heterocycles. The minimum Gasteiger partial charge on any atom is -0.432 e. The van der Waals surface area contributed by atoms with Gasteiger partial charge in [-0.2, -0.15) is 4.98 Å². The van der Waals surface area contributed by atoms with Gasteiger partial charge in [-0.1, -0.05) is 13.8 Å². The van der Waals surface area contributed by atoms with E-state index in [1.807, 2.05) is 7.05 Å². The summed E-state index contributed by atoms with van der Waals surface area (Å²) in [6.45, 7) is 13.8. The van der Waals surface area contributed by atoms with Crippen molar-refractivity contribution in [1.29, 1.82) is 0 Å². The maximum atomic E-state index is 5.57. The zero-order chi connectivity index (χ0) is 14.6. The summed E-state index contributed by atoms with van der Waals surface area (Å²) in [7, 11) is 2.04. The van der Waals surface area contributed by atoms with Crippen LogP contribution in [0.1, 0.15) is 53.7 Å². The summed E-state index contributed by atoms with van der Waals surface area (Å²) in [5.74, 6) is 0.675. The summed E-state index contributed by atoms with van der Waals surface area (Å²) in [5.41, 5.74) is 1.05. The Labute approximate surface area is 117 Å². The molecule has 0 radical (unpaired) electrons. The van der Waals surface area contributed by atoms with E-state index >= 15 is 0 Å². The molecule has 0 spiro atoms. The maximum Gasteiger partial charge on any atom is 0.297 e. The van der Waals surface area contributed by atoms with Gasteiger partial charge in [0, 0.05) is 25.2 Å². The van der Waals surface area contributed by atoms with Crippen molar-refractivity contribution in [3.8, 4) is 0 Å². The van der Waals surface area contributed by atoms with E-state index in [1.54, 1.807) is 6.26 Å². The van der Waals surface area contributed by atoms with Crippen molar-refractivity contribution in [2.45, 2.75) is 66.1 Å². The largest absolute Gasteiger partial charge is 0.432 e. The third kappa shape index (κ3) is 5.64. The van der Waals surface area contributed by atoms with E-state index in [2.05, 4.69) is 56.7 Å². The fourth-order valence-electron chi connectivity index (χ4n) is 1.92. The first-order chi connectivity index (χ1) is 8.69. The van der Waals surface area contributed by atoms with Crippen LogP contribution in [-0.4, -0.2) is 23.6 Å². The van der Waals surface area contributed by atoms with Crippen molar-refractivity contribution >= 4 is 6.01 Å². The number of hydrogen-bond donors (Lipinski definition) is 1. The summed E-state index contributed by atoms with van der Waals surface area (Å²) in [6.07, 6.45) is 2.88. The Morgan fingerprint density at radius 3 is 2.47 bits per heavy atom. The number of nitrogens with zero attached hydrogens (tertiary/aromatic N) is 2. The fourth-order valence-corrected chi connectivity index (χ4v) is 1.92. The van der Waals surface area contributed by atoms with E-state index in [0.29, 0.717) is 18.0 Å². The molecule has 0 bridgehead atoms. The highest BCUT2D eigenvalue weighted by atomic mass is 16.4. The van der Waals surface area contributed by atoms with Gasteiger partial charge in [0.1, 0.15) is 6.26 Å². The molecule has 4 nitrogen and oxygen atoms in total. The van der Waals surface area contributed by atoms with Crippen molar-refractivity contribution in [2.75, 3.05) is 11.9 Å². The van der Waals surface area contributed by atoms with Gasteiger partial charge >= 0.3 is 0 Å². The predicted molar refractivity (Wildman–Crippen MR) is 80.4 cm³/mol. The number of rotatable bonds is 6. The Morgan fingerprint density at radius 1 is 1.32 bits per heavy atom. The summed E-state index contributed by atoms with van der Waals surface area (Å²) in [6, 6.07) is 1.14. The number of nitrogens with one attached hydrogen (secondary N) is 1. The minimum absolute atomic E-state index is 0.0932. The molecule has 0 aromatic carbocycles. The predicted octanol–water partition coefficient (Wildman–Crippen LogP) is 3.43. The van der Waals surface area contributed by atoms with Crippen LogP contribution >= 0.6 is 0 Å². The standard InChI is InChI=1S/C15H29N3O/c1-11(2)8-12(3)18(7)14-17-13(10-19-14)9-16-15(4,5)6/h10-12,16H,8-9H2,1-7H3. The molecule has 1 unspecified atom stereocenters. The lowest BCUT2D eigenvalue weighted by molar-refractivity contribution is 0.421. The quantitative estimate of drug-likeness (QED) is 0.857. The van der Waals surface area contributed by atoms with Gasteiger partial charge in [0.2, 0.25) is 0 Å². The second kappa shape index (κ2) is 6.42. The molecule has 1 atom stereocenters. The van der Waals surface area contributed by atoms with Crippen LogP contribution in [0.4, 0.5) is 6.01 Å². The summed E-state index contributed by atoms with van der Waals surface area (Å²) < 4.78 is 5.57. The highest BCUT2D eigenvalue weighted by Crippen LogP contribution is 2.18. The fraction of sp³-hybridized carbons (Fsp3) is 0.800. The molecule has 110 valence electrons. The Bertz CT molecular complexity index is 379. The lowest BCUT2D eigenvalue weighted by Gasteiger charge is -2.24. The number of hydrogen-bond acceptors (Lipinski definition) is 4. The number of anilines is 1. The molecule has 0 aliphatic rings. The molecule has 1 heterocycles. The molecule has 1 rings (SSSR count). The Hall–Kier alpha value is -1.03. The zero-order valence-corrected chi connectivity index (χ0v) is 13.4. The first-order valence-electron chi connectivity index (χ1n) is 7.11. The molecule has 19 heavy (non-hydrogen) atoms. The van der Waals surface area contributed by atoms with Crippen molar-refractivity contribution in [1.82, 2.24) is 10.3 Å². The van der Waals surface area contributed by atoms with Crippen LogP contribution in [0.2, 0.25) is 0 Å². The molecular formula is C15H29N3O. The number of aromatic nitrogens is 1. The second-order valence-electron chi connectivity index (χ2n) is 6.81. The van der Waals surface area contributed by atoms with E-state index < -0.39 is 0 Å². The van der Waals surface area contributed by atoms with E-state index in [0.717, 1.165) is 18.7 Å². The van der Waals surface area contributed by atoms with E-state index in [-0.39, 0.29) is 5.54 Å². The van der Waals surface area contributed by atoms with Gasteiger partial charge in [-0.05, 0) is 40.0 Å². The van der Waals surface area contributed by atoms with E-state index in [1.165, 1.54) is 0 Å². The Balaban J connectivity index is 2.58. The molecule has 0 saturated carbocycles. The summed E-state index contributed by atoms with van der Waals surface area (Å²) >= 11 is 0. The number of oxazole rings is 1. The minimum atomic E-state index is 0.0932. The molecule has 0 aliphatic carbocycles. The zero-order valence-electron chi connectivity index (χ0n) is 13.4. The van der Waals surface area contributed by atoms with Crippen molar-refractivity contribution in [2.24, 2.45) is 5.92 Å². The van der Waals surface area contributed by atoms with Crippen molar-refractivity contribution in [3.63, 3.8) is 0 Å². The van der Waals surface area contributed by atoms with Crippen LogP contribution in [0, 0.1) is 5.92 Å². The Morgan fingerprint density at radius 2 is 1.95 bits per heavy atom. The van der Waals surface area contributed by atoms with Gasteiger partial charge in [-0.3, -0.25) is 0 Å². The monoisotopic (exact) mass is 267 g/mol. The van der Waals surface area contributed by atoms with Crippen molar-refractivity contribution < 1.29 is 4.42 Å². The van der Waals surface area contributed by atoms with Gasteiger partial charge in [-0.25, -0.2) is 0 Å². The summed E-state index contributed by atoms with van der Waals surface area (Å²) in [4.78, 5) is 6.65. The highest BCUT2D eigenvalue weighted by Gasteiger charge is 2.17. The van der Waals surface area contributed by atoms with Crippen LogP contribution in [0.5, 0.6) is 0 Å². The molecule has 0 saturated heterocycles. The molecular weight excluding hydrogens is 238 g/mol.